The molecule has 18 heavy (non-hydrogen) atoms. The van der Waals surface area contributed by atoms with Gasteiger partial charge in [-0.1, -0.05) is 12.1 Å². The van der Waals surface area contributed by atoms with E-state index in [1.54, 1.807) is 6.07 Å². The number of aromatic hydroxyl groups is 1. The molecule has 3 rings (SSSR count). The summed E-state index contributed by atoms with van der Waals surface area (Å²) >= 11 is 0. The van der Waals surface area contributed by atoms with Crippen LogP contribution in [0, 0.1) is 0 Å². The Kier molecular flexibility index (Phi) is 3.24. The van der Waals surface area contributed by atoms with Gasteiger partial charge in [0.05, 0.1) is 19.8 Å². The molecule has 0 saturated carbocycles. The molecule has 0 amide bonds. The SMILES string of the molecule is Oc1cccc(CN2CCCC3(C2)OCCO3)c1. The second-order valence-electron chi connectivity index (χ2n) is 5.09. The van der Waals surface area contributed by atoms with Gasteiger partial charge in [0.2, 0.25) is 0 Å². The zero-order chi connectivity index (χ0) is 12.4. The van der Waals surface area contributed by atoms with Crippen molar-refractivity contribution in [3.8, 4) is 5.75 Å². The first-order valence-corrected chi connectivity index (χ1v) is 6.54. The van der Waals surface area contributed by atoms with Crippen LogP contribution in [0.15, 0.2) is 24.3 Å². The van der Waals surface area contributed by atoms with Crippen molar-refractivity contribution in [2.45, 2.75) is 25.2 Å². The molecular formula is C14H19NO3. The van der Waals surface area contributed by atoms with E-state index in [2.05, 4.69) is 4.90 Å². The molecule has 0 radical (unpaired) electrons. The van der Waals surface area contributed by atoms with Crippen molar-refractivity contribution >= 4 is 0 Å². The van der Waals surface area contributed by atoms with Crippen molar-refractivity contribution < 1.29 is 14.6 Å². The minimum atomic E-state index is -0.366. The lowest BCUT2D eigenvalue weighted by atomic mass is 10.0. The lowest BCUT2D eigenvalue weighted by Gasteiger charge is -2.38. The maximum atomic E-state index is 9.48. The number of hydrogen-bond donors (Lipinski definition) is 1. The standard InChI is InChI=1S/C14H19NO3/c16-13-4-1-3-12(9-13)10-15-6-2-5-14(11-15)17-7-8-18-14/h1,3-4,9,16H,2,5-8,10-11H2. The van der Waals surface area contributed by atoms with Crippen LogP contribution in [0.1, 0.15) is 18.4 Å². The summed E-state index contributed by atoms with van der Waals surface area (Å²) in [6.45, 7) is 4.13. The van der Waals surface area contributed by atoms with Crippen molar-refractivity contribution in [1.29, 1.82) is 0 Å². The lowest BCUT2D eigenvalue weighted by Crippen LogP contribution is -2.48. The van der Waals surface area contributed by atoms with Crippen LogP contribution in [0.4, 0.5) is 0 Å². The van der Waals surface area contributed by atoms with Crippen molar-refractivity contribution in [3.63, 3.8) is 0 Å². The maximum Gasteiger partial charge on any atom is 0.181 e. The third kappa shape index (κ3) is 2.51. The molecule has 2 aliphatic heterocycles. The summed E-state index contributed by atoms with van der Waals surface area (Å²) < 4.78 is 11.5. The quantitative estimate of drug-likeness (QED) is 0.866. The Morgan fingerprint density at radius 2 is 2.11 bits per heavy atom. The van der Waals surface area contributed by atoms with E-state index in [-0.39, 0.29) is 5.79 Å². The molecular weight excluding hydrogens is 230 g/mol. The molecule has 1 N–H and O–H groups in total. The molecule has 0 unspecified atom stereocenters. The number of phenols is 1. The van der Waals surface area contributed by atoms with Crippen LogP contribution in [0.25, 0.3) is 0 Å². The van der Waals surface area contributed by atoms with Gasteiger partial charge in [-0.15, -0.1) is 0 Å². The molecule has 1 spiro atoms. The average molecular weight is 249 g/mol. The number of piperidine rings is 1. The molecule has 98 valence electrons. The summed E-state index contributed by atoms with van der Waals surface area (Å²) in [6, 6.07) is 7.44. The Balaban J connectivity index is 1.66. The molecule has 2 aliphatic rings. The topological polar surface area (TPSA) is 41.9 Å². The van der Waals surface area contributed by atoms with E-state index in [4.69, 9.17) is 9.47 Å². The van der Waals surface area contributed by atoms with Gasteiger partial charge in [-0.05, 0) is 30.7 Å². The minimum Gasteiger partial charge on any atom is -0.508 e. The van der Waals surface area contributed by atoms with Gasteiger partial charge in [0, 0.05) is 13.0 Å². The van der Waals surface area contributed by atoms with Crippen molar-refractivity contribution in [1.82, 2.24) is 4.90 Å². The van der Waals surface area contributed by atoms with Crippen LogP contribution in [0.3, 0.4) is 0 Å². The predicted molar refractivity (Wildman–Crippen MR) is 67.3 cm³/mol. The molecule has 0 atom stereocenters. The van der Waals surface area contributed by atoms with Crippen LogP contribution in [-0.4, -0.2) is 42.1 Å². The summed E-state index contributed by atoms with van der Waals surface area (Å²) in [5, 5.41) is 9.48. The van der Waals surface area contributed by atoms with E-state index in [1.807, 2.05) is 18.2 Å². The molecule has 2 fully saturated rings. The highest BCUT2D eigenvalue weighted by atomic mass is 16.7. The molecule has 1 aromatic rings. The van der Waals surface area contributed by atoms with E-state index in [1.165, 1.54) is 0 Å². The van der Waals surface area contributed by atoms with Gasteiger partial charge in [-0.3, -0.25) is 4.90 Å². The van der Waals surface area contributed by atoms with Crippen LogP contribution in [0.5, 0.6) is 5.75 Å². The second kappa shape index (κ2) is 4.88. The smallest absolute Gasteiger partial charge is 0.181 e. The Labute approximate surface area is 107 Å². The van der Waals surface area contributed by atoms with Gasteiger partial charge in [-0.2, -0.15) is 0 Å². The number of phenolic OH excluding ortho intramolecular Hbond substituents is 1. The fourth-order valence-corrected chi connectivity index (χ4v) is 2.85. The molecule has 2 saturated heterocycles. The summed E-state index contributed by atoms with van der Waals surface area (Å²) in [6.07, 6.45) is 2.09. The van der Waals surface area contributed by atoms with Crippen LogP contribution in [-0.2, 0) is 16.0 Å². The largest absolute Gasteiger partial charge is 0.508 e. The normalized spacial score (nSPS) is 23.6. The van der Waals surface area contributed by atoms with Crippen LogP contribution < -0.4 is 0 Å². The van der Waals surface area contributed by atoms with Gasteiger partial charge < -0.3 is 14.6 Å². The van der Waals surface area contributed by atoms with Crippen molar-refractivity contribution in [3.05, 3.63) is 29.8 Å². The van der Waals surface area contributed by atoms with Gasteiger partial charge in [-0.25, -0.2) is 0 Å². The van der Waals surface area contributed by atoms with Crippen LogP contribution in [0.2, 0.25) is 0 Å². The van der Waals surface area contributed by atoms with E-state index in [9.17, 15) is 5.11 Å². The zero-order valence-corrected chi connectivity index (χ0v) is 10.5. The summed E-state index contributed by atoms with van der Waals surface area (Å²) in [4.78, 5) is 2.34. The first-order chi connectivity index (χ1) is 8.76. The molecule has 1 aromatic carbocycles. The number of rotatable bonds is 2. The second-order valence-corrected chi connectivity index (χ2v) is 5.09. The van der Waals surface area contributed by atoms with Crippen LogP contribution >= 0.6 is 0 Å². The minimum absolute atomic E-state index is 0.326. The van der Waals surface area contributed by atoms with Crippen molar-refractivity contribution in [2.24, 2.45) is 0 Å². The predicted octanol–water partition coefficient (Wildman–Crippen LogP) is 1.73. The highest BCUT2D eigenvalue weighted by Crippen LogP contribution is 2.30. The Hall–Kier alpha value is -1.10. The number of hydrogen-bond acceptors (Lipinski definition) is 4. The highest BCUT2D eigenvalue weighted by molar-refractivity contribution is 5.27. The number of benzene rings is 1. The molecule has 0 aromatic heterocycles. The fourth-order valence-electron chi connectivity index (χ4n) is 2.85. The van der Waals surface area contributed by atoms with E-state index in [0.29, 0.717) is 19.0 Å². The lowest BCUT2D eigenvalue weighted by molar-refractivity contribution is -0.190. The Bertz CT molecular complexity index is 415. The van der Waals surface area contributed by atoms with E-state index < -0.39 is 0 Å². The van der Waals surface area contributed by atoms with Gasteiger partial charge >= 0.3 is 0 Å². The highest BCUT2D eigenvalue weighted by Gasteiger charge is 2.40. The molecule has 0 bridgehead atoms. The summed E-state index contributed by atoms with van der Waals surface area (Å²) in [5.74, 6) is -0.0395. The maximum absolute atomic E-state index is 9.48. The summed E-state index contributed by atoms with van der Waals surface area (Å²) in [7, 11) is 0. The first kappa shape index (κ1) is 12.0. The Morgan fingerprint density at radius 1 is 1.28 bits per heavy atom. The summed E-state index contributed by atoms with van der Waals surface area (Å²) in [5.41, 5.74) is 1.13. The Morgan fingerprint density at radius 3 is 2.89 bits per heavy atom. The van der Waals surface area contributed by atoms with Crippen molar-refractivity contribution in [2.75, 3.05) is 26.3 Å². The van der Waals surface area contributed by atoms with Gasteiger partial charge in [0.1, 0.15) is 5.75 Å². The van der Waals surface area contributed by atoms with E-state index >= 15 is 0 Å². The van der Waals surface area contributed by atoms with E-state index in [0.717, 1.165) is 38.0 Å². The van der Waals surface area contributed by atoms with Gasteiger partial charge in [0.15, 0.2) is 5.79 Å². The molecule has 2 heterocycles. The third-order valence-electron chi connectivity index (χ3n) is 3.63. The fraction of sp³-hybridized carbons (Fsp3) is 0.571. The number of nitrogens with zero attached hydrogens (tertiary/aromatic N) is 1. The zero-order valence-electron chi connectivity index (χ0n) is 10.5. The third-order valence-corrected chi connectivity index (χ3v) is 3.63. The number of ether oxygens (including phenoxy) is 2. The molecule has 4 heteroatoms. The molecule has 4 nitrogen and oxygen atoms in total. The number of likely N-dealkylation sites (tertiary alicyclic amines) is 1. The first-order valence-electron chi connectivity index (χ1n) is 6.54. The average Bonchev–Trinajstić information content (AvgIpc) is 2.77. The van der Waals surface area contributed by atoms with Gasteiger partial charge in [0.25, 0.3) is 0 Å². The monoisotopic (exact) mass is 249 g/mol. The molecule has 0 aliphatic carbocycles.